The van der Waals surface area contributed by atoms with Crippen molar-refractivity contribution in [2.45, 2.75) is 45.1 Å². The van der Waals surface area contributed by atoms with Crippen molar-refractivity contribution in [3.8, 4) is 5.75 Å². The highest BCUT2D eigenvalue weighted by molar-refractivity contribution is 5.31. The number of hydrogen-bond acceptors (Lipinski definition) is 1. The molecule has 0 heterocycles. The monoisotopic (exact) mass is 280 g/mol. The molecule has 1 saturated carbocycles. The van der Waals surface area contributed by atoms with Gasteiger partial charge in [0.05, 0.1) is 0 Å². The summed E-state index contributed by atoms with van der Waals surface area (Å²) in [5.74, 6) is 2.65. The normalized spacial score (nSPS) is 21.4. The van der Waals surface area contributed by atoms with E-state index in [0.717, 1.165) is 17.6 Å². The van der Waals surface area contributed by atoms with Crippen molar-refractivity contribution in [2.24, 2.45) is 5.92 Å². The molecule has 1 fully saturated rings. The van der Waals surface area contributed by atoms with E-state index in [0.29, 0.717) is 6.61 Å². The summed E-state index contributed by atoms with van der Waals surface area (Å²) in [6.45, 7) is 2.96. The first-order chi connectivity index (χ1) is 10.3. The highest BCUT2D eigenvalue weighted by Crippen LogP contribution is 2.40. The maximum atomic E-state index is 5.95. The second kappa shape index (κ2) is 6.80. The average Bonchev–Trinajstić information content (AvgIpc) is 3.03. The van der Waals surface area contributed by atoms with Crippen molar-refractivity contribution in [1.82, 2.24) is 0 Å². The van der Waals surface area contributed by atoms with Crippen molar-refractivity contribution in [1.29, 1.82) is 0 Å². The molecule has 0 N–H and O–H groups in total. The topological polar surface area (TPSA) is 9.23 Å². The van der Waals surface area contributed by atoms with Crippen LogP contribution in [-0.2, 0) is 6.61 Å². The number of ether oxygens (including phenoxy) is 1. The fourth-order valence-electron chi connectivity index (χ4n) is 3.35. The van der Waals surface area contributed by atoms with Gasteiger partial charge < -0.3 is 4.74 Å². The molecule has 1 aliphatic rings. The minimum absolute atomic E-state index is 0.645. The first-order valence-electron chi connectivity index (χ1n) is 8.12. The summed E-state index contributed by atoms with van der Waals surface area (Å²) in [7, 11) is 0. The van der Waals surface area contributed by atoms with Crippen LogP contribution in [0.1, 0.15) is 49.7 Å². The molecule has 110 valence electrons. The number of rotatable bonds is 5. The zero-order valence-electron chi connectivity index (χ0n) is 12.8. The van der Waals surface area contributed by atoms with E-state index in [9.17, 15) is 0 Å². The molecule has 2 aromatic carbocycles. The lowest BCUT2D eigenvalue weighted by molar-refractivity contribution is 0.305. The van der Waals surface area contributed by atoms with E-state index < -0.39 is 0 Å². The number of hydrogen-bond donors (Lipinski definition) is 0. The lowest BCUT2D eigenvalue weighted by Crippen LogP contribution is -1.98. The Morgan fingerprint density at radius 1 is 1.00 bits per heavy atom. The molecule has 0 amide bonds. The average molecular weight is 280 g/mol. The molecule has 1 heteroatoms. The van der Waals surface area contributed by atoms with Gasteiger partial charge in [0, 0.05) is 0 Å². The van der Waals surface area contributed by atoms with Crippen LogP contribution in [-0.4, -0.2) is 0 Å². The molecule has 0 aromatic heterocycles. The summed E-state index contributed by atoms with van der Waals surface area (Å²) in [5, 5.41) is 0. The van der Waals surface area contributed by atoms with E-state index in [-0.39, 0.29) is 0 Å². The summed E-state index contributed by atoms with van der Waals surface area (Å²) in [6, 6.07) is 19.1. The van der Waals surface area contributed by atoms with Gasteiger partial charge in [-0.2, -0.15) is 0 Å². The van der Waals surface area contributed by atoms with Crippen LogP contribution in [0.25, 0.3) is 0 Å². The maximum Gasteiger partial charge on any atom is 0.120 e. The van der Waals surface area contributed by atoms with Gasteiger partial charge in [0.2, 0.25) is 0 Å². The second-order valence-corrected chi connectivity index (χ2v) is 6.13. The molecule has 0 bridgehead atoms. The maximum absolute atomic E-state index is 5.95. The van der Waals surface area contributed by atoms with E-state index >= 15 is 0 Å². The summed E-state index contributed by atoms with van der Waals surface area (Å²) < 4.78 is 5.95. The molecule has 1 nitrogen and oxygen atoms in total. The molecular formula is C20H24O. The Kier molecular flexibility index (Phi) is 4.59. The third-order valence-electron chi connectivity index (χ3n) is 4.70. The Bertz CT molecular complexity index is 561. The van der Waals surface area contributed by atoms with Crippen molar-refractivity contribution in [2.75, 3.05) is 0 Å². The molecule has 1 aliphatic carbocycles. The lowest BCUT2D eigenvalue weighted by Gasteiger charge is -2.13. The summed E-state index contributed by atoms with van der Waals surface area (Å²) in [6.07, 6.45) is 5.39. The zero-order chi connectivity index (χ0) is 14.5. The van der Waals surface area contributed by atoms with Gasteiger partial charge in [0.25, 0.3) is 0 Å². The predicted molar refractivity (Wildman–Crippen MR) is 87.6 cm³/mol. The van der Waals surface area contributed by atoms with Gasteiger partial charge in [-0.3, -0.25) is 0 Å². The van der Waals surface area contributed by atoms with E-state index in [1.54, 1.807) is 0 Å². The minimum Gasteiger partial charge on any atom is -0.489 e. The molecule has 2 aromatic rings. The third-order valence-corrected chi connectivity index (χ3v) is 4.70. The molecule has 0 spiro atoms. The quantitative estimate of drug-likeness (QED) is 0.696. The van der Waals surface area contributed by atoms with E-state index in [4.69, 9.17) is 4.74 Å². The number of benzene rings is 2. The highest BCUT2D eigenvalue weighted by atomic mass is 16.5. The molecule has 2 unspecified atom stereocenters. The van der Waals surface area contributed by atoms with Crippen LogP contribution in [0.3, 0.4) is 0 Å². The molecule has 0 radical (unpaired) electrons. The fourth-order valence-corrected chi connectivity index (χ4v) is 3.35. The summed E-state index contributed by atoms with van der Waals surface area (Å²) in [5.41, 5.74) is 2.67. The Labute approximate surface area is 128 Å². The smallest absolute Gasteiger partial charge is 0.120 e. The van der Waals surface area contributed by atoms with E-state index in [1.807, 2.05) is 6.07 Å². The molecular weight excluding hydrogens is 256 g/mol. The van der Waals surface area contributed by atoms with Crippen LogP contribution in [0, 0.1) is 5.92 Å². The Morgan fingerprint density at radius 2 is 1.86 bits per heavy atom. The molecule has 0 saturated heterocycles. The van der Waals surface area contributed by atoms with Crippen molar-refractivity contribution in [3.63, 3.8) is 0 Å². The van der Waals surface area contributed by atoms with Crippen molar-refractivity contribution < 1.29 is 4.74 Å². The zero-order valence-corrected chi connectivity index (χ0v) is 12.8. The first-order valence-corrected chi connectivity index (χ1v) is 8.12. The van der Waals surface area contributed by atoms with Gasteiger partial charge in [-0.05, 0) is 54.4 Å². The van der Waals surface area contributed by atoms with Gasteiger partial charge >= 0.3 is 0 Å². The summed E-state index contributed by atoms with van der Waals surface area (Å²) in [4.78, 5) is 0. The van der Waals surface area contributed by atoms with Crippen LogP contribution < -0.4 is 4.74 Å². The second-order valence-electron chi connectivity index (χ2n) is 6.13. The Balaban J connectivity index is 1.63. The SMILES string of the molecule is CCC1CCC(c2cccc(OCc3ccccc3)c2)C1. The molecule has 2 atom stereocenters. The van der Waals surface area contributed by atoms with Crippen LogP contribution >= 0.6 is 0 Å². The predicted octanol–water partition coefficient (Wildman–Crippen LogP) is 5.56. The van der Waals surface area contributed by atoms with Gasteiger partial charge in [0.15, 0.2) is 0 Å². The fraction of sp³-hybridized carbons (Fsp3) is 0.400. The largest absolute Gasteiger partial charge is 0.489 e. The van der Waals surface area contributed by atoms with E-state index in [2.05, 4.69) is 55.5 Å². The third kappa shape index (κ3) is 3.66. The van der Waals surface area contributed by atoms with E-state index in [1.165, 1.54) is 36.8 Å². The van der Waals surface area contributed by atoms with Gasteiger partial charge in [-0.25, -0.2) is 0 Å². The van der Waals surface area contributed by atoms with Crippen LogP contribution in [0.15, 0.2) is 54.6 Å². The molecule has 0 aliphatic heterocycles. The standard InChI is InChI=1S/C20H24O/c1-2-16-11-12-19(13-16)18-9-6-10-20(14-18)21-15-17-7-4-3-5-8-17/h3-10,14,16,19H,2,11-13,15H2,1H3. The summed E-state index contributed by atoms with van der Waals surface area (Å²) >= 11 is 0. The van der Waals surface area contributed by atoms with Crippen LogP contribution in [0.4, 0.5) is 0 Å². The lowest BCUT2D eigenvalue weighted by atomic mass is 9.95. The Morgan fingerprint density at radius 3 is 2.62 bits per heavy atom. The van der Waals surface area contributed by atoms with Gasteiger partial charge in [-0.15, -0.1) is 0 Å². The van der Waals surface area contributed by atoms with Gasteiger partial charge in [-0.1, -0.05) is 55.8 Å². The molecule has 3 rings (SSSR count). The van der Waals surface area contributed by atoms with Gasteiger partial charge in [0.1, 0.15) is 12.4 Å². The van der Waals surface area contributed by atoms with Crippen LogP contribution in [0.5, 0.6) is 5.75 Å². The highest BCUT2D eigenvalue weighted by Gasteiger charge is 2.24. The van der Waals surface area contributed by atoms with Crippen molar-refractivity contribution in [3.05, 3.63) is 65.7 Å². The molecule has 21 heavy (non-hydrogen) atoms. The minimum atomic E-state index is 0.645. The first kappa shape index (κ1) is 14.2. The Hall–Kier alpha value is -1.76. The van der Waals surface area contributed by atoms with Crippen molar-refractivity contribution >= 4 is 0 Å². The van der Waals surface area contributed by atoms with Crippen LogP contribution in [0.2, 0.25) is 0 Å².